The number of aromatic nitrogens is 2. The Hall–Kier alpha value is -3.85. The molecule has 0 bridgehead atoms. The van der Waals surface area contributed by atoms with Gasteiger partial charge in [0.15, 0.2) is 0 Å². The summed E-state index contributed by atoms with van der Waals surface area (Å²) in [6.45, 7) is 0.120. The van der Waals surface area contributed by atoms with Crippen molar-refractivity contribution in [3.63, 3.8) is 0 Å². The zero-order valence-corrected chi connectivity index (χ0v) is 18.5. The van der Waals surface area contributed by atoms with E-state index in [1.54, 1.807) is 24.9 Å². The summed E-state index contributed by atoms with van der Waals surface area (Å²) in [6.07, 6.45) is 0.338. The maximum absolute atomic E-state index is 13.0. The number of aliphatic hydroxyl groups is 1. The smallest absolute Gasteiger partial charge is 0.410 e. The van der Waals surface area contributed by atoms with Crippen molar-refractivity contribution in [2.24, 2.45) is 7.05 Å². The van der Waals surface area contributed by atoms with Gasteiger partial charge in [0.1, 0.15) is 18.4 Å². The number of benzene rings is 2. The van der Waals surface area contributed by atoms with Crippen molar-refractivity contribution in [1.29, 1.82) is 0 Å². The molecule has 3 aromatic rings. The third kappa shape index (κ3) is 4.98. The van der Waals surface area contributed by atoms with Gasteiger partial charge in [0, 0.05) is 19.0 Å². The molecule has 1 saturated heterocycles. The number of nitrogens with one attached hydrogen (secondary N) is 1. The summed E-state index contributed by atoms with van der Waals surface area (Å²) in [4.78, 5) is 31.2. The number of ether oxygens (including phenoxy) is 2. The molecule has 4 rings (SSSR count). The number of hydrogen-bond acceptors (Lipinski definition) is 6. The van der Waals surface area contributed by atoms with E-state index in [0.717, 1.165) is 22.6 Å². The Labute approximate surface area is 191 Å². The zero-order valence-electron chi connectivity index (χ0n) is 18.5. The molecule has 1 aliphatic heterocycles. The first-order valence-corrected chi connectivity index (χ1v) is 10.6. The number of imidazole rings is 1. The Morgan fingerprint density at radius 2 is 1.88 bits per heavy atom. The van der Waals surface area contributed by atoms with Gasteiger partial charge in [0.05, 0.1) is 31.6 Å². The summed E-state index contributed by atoms with van der Waals surface area (Å²) in [5.74, 6) is 0.650. The first-order chi connectivity index (χ1) is 16.0. The van der Waals surface area contributed by atoms with E-state index in [4.69, 9.17) is 9.47 Å². The lowest BCUT2D eigenvalue weighted by atomic mass is 10.1. The number of carbonyl (C=O) groups is 2. The molecular formula is C24H26N4O5. The zero-order chi connectivity index (χ0) is 23.4. The van der Waals surface area contributed by atoms with E-state index in [9.17, 15) is 14.7 Å². The Balaban J connectivity index is 1.43. The average molecular weight is 450 g/mol. The van der Waals surface area contributed by atoms with Gasteiger partial charge >= 0.3 is 6.09 Å². The monoisotopic (exact) mass is 450 g/mol. The van der Waals surface area contributed by atoms with Gasteiger partial charge in [-0.05, 0) is 29.8 Å². The lowest BCUT2D eigenvalue weighted by Gasteiger charge is -2.23. The second-order valence-electron chi connectivity index (χ2n) is 7.84. The van der Waals surface area contributed by atoms with Crippen molar-refractivity contribution in [3.05, 3.63) is 66.4 Å². The Bertz CT molecular complexity index is 1110. The summed E-state index contributed by atoms with van der Waals surface area (Å²) in [6, 6.07) is 15.9. The van der Waals surface area contributed by atoms with Gasteiger partial charge in [-0.1, -0.05) is 30.3 Å². The van der Waals surface area contributed by atoms with E-state index in [1.165, 1.54) is 4.90 Å². The molecule has 0 unspecified atom stereocenters. The number of carbonyl (C=O) groups excluding carboxylic acids is 2. The first kappa shape index (κ1) is 22.3. The lowest BCUT2D eigenvalue weighted by Crippen LogP contribution is -2.43. The van der Waals surface area contributed by atoms with Crippen LogP contribution in [-0.2, 0) is 23.2 Å². The molecule has 2 amide bonds. The minimum Gasteiger partial charge on any atom is -0.497 e. The Morgan fingerprint density at radius 3 is 2.58 bits per heavy atom. The molecule has 0 radical (unpaired) electrons. The molecule has 1 fully saturated rings. The molecule has 172 valence electrons. The predicted molar refractivity (Wildman–Crippen MR) is 122 cm³/mol. The molecule has 2 N–H and O–H groups in total. The van der Waals surface area contributed by atoms with Crippen LogP contribution in [0.5, 0.6) is 5.75 Å². The number of β-amino-alcohol motifs (C(OH)–C–C–N with tert-alkyl or cyclic N) is 1. The predicted octanol–water partition coefficient (Wildman–Crippen LogP) is 2.81. The van der Waals surface area contributed by atoms with Crippen LogP contribution >= 0.6 is 0 Å². The summed E-state index contributed by atoms with van der Waals surface area (Å²) in [5.41, 5.74) is 2.55. The summed E-state index contributed by atoms with van der Waals surface area (Å²) in [5, 5.41) is 12.9. The molecule has 2 atom stereocenters. The molecule has 9 nitrogen and oxygen atoms in total. The third-order valence-electron chi connectivity index (χ3n) is 5.63. The van der Waals surface area contributed by atoms with Gasteiger partial charge < -0.3 is 19.1 Å². The molecule has 0 aliphatic carbocycles. The highest BCUT2D eigenvalue weighted by atomic mass is 16.6. The molecule has 0 spiro atoms. The SMILES string of the molecule is COc1ccc(-c2cnc(NC(=O)[C@@H]3C[C@@H](O)CN3C(=O)OCc3ccccc3)n2C)cc1. The van der Waals surface area contributed by atoms with Crippen LogP contribution in [0.2, 0.25) is 0 Å². The minimum atomic E-state index is -0.857. The van der Waals surface area contributed by atoms with Crippen LogP contribution in [0.3, 0.4) is 0 Å². The molecule has 0 saturated carbocycles. The van der Waals surface area contributed by atoms with E-state index in [0.29, 0.717) is 5.95 Å². The van der Waals surface area contributed by atoms with E-state index in [-0.39, 0.29) is 19.6 Å². The molecule has 2 heterocycles. The number of anilines is 1. The highest BCUT2D eigenvalue weighted by molar-refractivity contribution is 5.96. The lowest BCUT2D eigenvalue weighted by molar-refractivity contribution is -0.120. The maximum Gasteiger partial charge on any atom is 0.410 e. The van der Waals surface area contributed by atoms with Crippen LogP contribution in [0.25, 0.3) is 11.3 Å². The molecule has 9 heteroatoms. The van der Waals surface area contributed by atoms with Crippen LogP contribution in [0.15, 0.2) is 60.8 Å². The van der Waals surface area contributed by atoms with Gasteiger partial charge in [-0.3, -0.25) is 15.0 Å². The number of nitrogens with zero attached hydrogens (tertiary/aromatic N) is 3. The van der Waals surface area contributed by atoms with Crippen LogP contribution in [0.1, 0.15) is 12.0 Å². The van der Waals surface area contributed by atoms with Crippen molar-refractivity contribution in [3.8, 4) is 17.0 Å². The van der Waals surface area contributed by atoms with Gasteiger partial charge in [-0.25, -0.2) is 9.78 Å². The standard InChI is InChI=1S/C24H26N4O5/c1-27-21(17-8-10-19(32-2)11-9-17)13-25-23(27)26-22(30)20-12-18(29)14-28(20)24(31)33-15-16-6-4-3-5-7-16/h3-11,13,18,20,29H,12,14-15H2,1-2H3,(H,25,26,30)/t18-,20+/m1/s1. The largest absolute Gasteiger partial charge is 0.497 e. The first-order valence-electron chi connectivity index (χ1n) is 10.6. The fraction of sp³-hybridized carbons (Fsp3) is 0.292. The highest BCUT2D eigenvalue weighted by Gasteiger charge is 2.40. The quantitative estimate of drug-likeness (QED) is 0.598. The fourth-order valence-electron chi connectivity index (χ4n) is 3.82. The van der Waals surface area contributed by atoms with Crippen molar-refractivity contribution in [1.82, 2.24) is 14.5 Å². The van der Waals surface area contributed by atoms with E-state index < -0.39 is 24.1 Å². The fourth-order valence-corrected chi connectivity index (χ4v) is 3.82. The number of methoxy groups -OCH3 is 1. The number of rotatable bonds is 6. The van der Waals surface area contributed by atoms with Crippen molar-refractivity contribution in [2.45, 2.75) is 25.2 Å². The van der Waals surface area contributed by atoms with Crippen LogP contribution < -0.4 is 10.1 Å². The maximum atomic E-state index is 13.0. The van der Waals surface area contributed by atoms with Crippen LogP contribution in [0, 0.1) is 0 Å². The highest BCUT2D eigenvalue weighted by Crippen LogP contribution is 2.25. The second-order valence-corrected chi connectivity index (χ2v) is 7.84. The molecule has 1 aromatic heterocycles. The Kier molecular flexibility index (Phi) is 6.60. The van der Waals surface area contributed by atoms with Crippen molar-refractivity contribution < 1.29 is 24.2 Å². The molecule has 33 heavy (non-hydrogen) atoms. The van der Waals surface area contributed by atoms with Gasteiger partial charge in [-0.15, -0.1) is 0 Å². The topological polar surface area (TPSA) is 106 Å². The summed E-state index contributed by atoms with van der Waals surface area (Å²) >= 11 is 0. The van der Waals surface area contributed by atoms with Gasteiger partial charge in [0.25, 0.3) is 0 Å². The number of hydrogen-bond donors (Lipinski definition) is 2. The summed E-state index contributed by atoms with van der Waals surface area (Å²) < 4.78 is 12.3. The molecule has 1 aliphatic rings. The van der Waals surface area contributed by atoms with E-state index in [1.807, 2.05) is 54.6 Å². The molecule has 2 aromatic carbocycles. The van der Waals surface area contributed by atoms with E-state index >= 15 is 0 Å². The number of aliphatic hydroxyl groups excluding tert-OH is 1. The van der Waals surface area contributed by atoms with Crippen molar-refractivity contribution in [2.75, 3.05) is 19.0 Å². The minimum absolute atomic E-state index is 0.0311. The van der Waals surface area contributed by atoms with Crippen molar-refractivity contribution >= 4 is 17.9 Å². The average Bonchev–Trinajstić information content (AvgIpc) is 3.41. The summed E-state index contributed by atoms with van der Waals surface area (Å²) in [7, 11) is 3.39. The van der Waals surface area contributed by atoms with Crippen LogP contribution in [-0.4, -0.2) is 57.4 Å². The second kappa shape index (κ2) is 9.74. The van der Waals surface area contributed by atoms with Crippen LogP contribution in [0.4, 0.5) is 10.7 Å². The third-order valence-corrected chi connectivity index (χ3v) is 5.63. The number of likely N-dealkylation sites (tertiary alicyclic amines) is 1. The van der Waals surface area contributed by atoms with Gasteiger partial charge in [-0.2, -0.15) is 0 Å². The van der Waals surface area contributed by atoms with E-state index in [2.05, 4.69) is 10.3 Å². The Morgan fingerprint density at radius 1 is 1.15 bits per heavy atom. The molecular weight excluding hydrogens is 424 g/mol. The van der Waals surface area contributed by atoms with Gasteiger partial charge in [0.2, 0.25) is 11.9 Å². The number of amides is 2. The normalized spacial score (nSPS) is 17.6.